The first-order valence-corrected chi connectivity index (χ1v) is 4.09. The first-order chi connectivity index (χ1) is 6.35. The number of nitrogens with two attached hydrogens (primary N) is 1. The second kappa shape index (κ2) is 3.64. The van der Waals surface area contributed by atoms with Crippen molar-refractivity contribution in [2.75, 3.05) is 13.1 Å². The van der Waals surface area contributed by atoms with Crippen LogP contribution in [0.4, 0.5) is 18.0 Å². The third-order valence-corrected chi connectivity index (χ3v) is 2.10. The van der Waals surface area contributed by atoms with Gasteiger partial charge in [0, 0.05) is 6.54 Å². The Labute approximate surface area is 78.8 Å². The molecule has 0 bridgehead atoms. The molecule has 7 heteroatoms. The van der Waals surface area contributed by atoms with Crippen LogP contribution in [0.25, 0.3) is 0 Å². The zero-order valence-corrected chi connectivity index (χ0v) is 7.54. The van der Waals surface area contributed by atoms with Gasteiger partial charge in [-0.15, -0.1) is 0 Å². The number of alkyl halides is 3. The maximum atomic E-state index is 12.0. The number of amides is 1. The minimum Gasteiger partial charge on any atom is -0.443 e. The lowest BCUT2D eigenvalue weighted by Crippen LogP contribution is -2.42. The monoisotopic (exact) mass is 212 g/mol. The minimum absolute atomic E-state index is 0.0290. The number of ether oxygens (including phenoxy) is 1. The Kier molecular flexibility index (Phi) is 2.89. The maximum Gasteiger partial charge on any atom is 0.410 e. The fourth-order valence-electron chi connectivity index (χ4n) is 1.31. The van der Waals surface area contributed by atoms with E-state index in [1.54, 1.807) is 0 Å². The van der Waals surface area contributed by atoms with Crippen molar-refractivity contribution in [1.82, 2.24) is 4.90 Å². The lowest BCUT2D eigenvalue weighted by Gasteiger charge is -2.21. The summed E-state index contributed by atoms with van der Waals surface area (Å²) in [6.45, 7) is 0.221. The van der Waals surface area contributed by atoms with Crippen LogP contribution in [0.3, 0.4) is 0 Å². The second-order valence-corrected chi connectivity index (χ2v) is 3.14. The third kappa shape index (κ3) is 2.28. The highest BCUT2D eigenvalue weighted by atomic mass is 19.4. The van der Waals surface area contributed by atoms with Crippen LogP contribution in [-0.4, -0.2) is 42.4 Å². The highest BCUT2D eigenvalue weighted by Crippen LogP contribution is 2.24. The first-order valence-electron chi connectivity index (χ1n) is 4.09. The Hall–Kier alpha value is -0.980. The number of carbonyl (C=O) groups is 1. The summed E-state index contributed by atoms with van der Waals surface area (Å²) in [7, 11) is 0. The van der Waals surface area contributed by atoms with Crippen molar-refractivity contribution in [2.45, 2.75) is 25.2 Å². The van der Waals surface area contributed by atoms with Crippen molar-refractivity contribution < 1.29 is 22.7 Å². The van der Waals surface area contributed by atoms with Crippen LogP contribution < -0.4 is 5.73 Å². The van der Waals surface area contributed by atoms with Gasteiger partial charge in [-0.1, -0.05) is 0 Å². The van der Waals surface area contributed by atoms with Crippen LogP contribution in [0.1, 0.15) is 6.92 Å². The van der Waals surface area contributed by atoms with E-state index >= 15 is 0 Å². The zero-order chi connectivity index (χ0) is 10.9. The molecule has 1 amide bonds. The van der Waals surface area contributed by atoms with Crippen LogP contribution in [-0.2, 0) is 4.74 Å². The molecule has 1 fully saturated rings. The van der Waals surface area contributed by atoms with E-state index in [0.717, 1.165) is 0 Å². The molecule has 0 aromatic heterocycles. The van der Waals surface area contributed by atoms with Gasteiger partial charge in [0.15, 0.2) is 0 Å². The van der Waals surface area contributed by atoms with Crippen molar-refractivity contribution >= 4 is 6.09 Å². The summed E-state index contributed by atoms with van der Waals surface area (Å²) >= 11 is 0. The SMILES string of the molecule is CC1C(CN)OC(=O)N1CC(F)(F)F. The van der Waals surface area contributed by atoms with Crippen LogP contribution in [0.2, 0.25) is 0 Å². The Morgan fingerprint density at radius 3 is 2.50 bits per heavy atom. The van der Waals surface area contributed by atoms with E-state index in [2.05, 4.69) is 4.74 Å². The number of halogens is 3. The number of nitrogens with zero attached hydrogens (tertiary/aromatic N) is 1. The molecule has 2 N–H and O–H groups in total. The van der Waals surface area contributed by atoms with Gasteiger partial charge in [0.25, 0.3) is 0 Å². The largest absolute Gasteiger partial charge is 0.443 e. The van der Waals surface area contributed by atoms with Crippen molar-refractivity contribution in [3.05, 3.63) is 0 Å². The topological polar surface area (TPSA) is 55.6 Å². The standard InChI is InChI=1S/C7H11F3N2O2/c1-4-5(2-11)14-6(13)12(4)3-7(8,9)10/h4-5H,2-3,11H2,1H3. The molecule has 82 valence electrons. The quantitative estimate of drug-likeness (QED) is 0.733. The fourth-order valence-corrected chi connectivity index (χ4v) is 1.31. The summed E-state index contributed by atoms with van der Waals surface area (Å²) in [6.07, 6.45) is -6.01. The molecular formula is C7H11F3N2O2. The summed E-state index contributed by atoms with van der Waals surface area (Å²) in [4.78, 5) is 11.6. The van der Waals surface area contributed by atoms with Gasteiger partial charge >= 0.3 is 12.3 Å². The average molecular weight is 212 g/mol. The van der Waals surface area contributed by atoms with Crippen molar-refractivity contribution in [1.29, 1.82) is 0 Å². The Morgan fingerprint density at radius 2 is 2.14 bits per heavy atom. The van der Waals surface area contributed by atoms with Gasteiger partial charge in [-0.05, 0) is 6.92 Å². The highest BCUT2D eigenvalue weighted by Gasteiger charge is 2.43. The number of carbonyl (C=O) groups excluding carboxylic acids is 1. The van der Waals surface area contributed by atoms with E-state index in [1.807, 2.05) is 0 Å². The summed E-state index contributed by atoms with van der Waals surface area (Å²) in [5.74, 6) is 0. The van der Waals surface area contributed by atoms with E-state index in [1.165, 1.54) is 6.92 Å². The molecule has 2 atom stereocenters. The van der Waals surface area contributed by atoms with E-state index in [0.29, 0.717) is 4.90 Å². The number of hydrogen-bond donors (Lipinski definition) is 1. The molecule has 0 spiro atoms. The van der Waals surface area contributed by atoms with Gasteiger partial charge < -0.3 is 10.5 Å². The van der Waals surface area contributed by atoms with Gasteiger partial charge in [0.05, 0.1) is 6.04 Å². The van der Waals surface area contributed by atoms with Crippen molar-refractivity contribution in [2.24, 2.45) is 5.73 Å². The van der Waals surface area contributed by atoms with Gasteiger partial charge in [0.2, 0.25) is 0 Å². The first kappa shape index (κ1) is 11.1. The lowest BCUT2D eigenvalue weighted by atomic mass is 10.2. The molecule has 1 aliphatic rings. The molecular weight excluding hydrogens is 201 g/mol. The van der Waals surface area contributed by atoms with E-state index in [9.17, 15) is 18.0 Å². The molecule has 0 radical (unpaired) electrons. The van der Waals surface area contributed by atoms with Crippen LogP contribution in [0.15, 0.2) is 0 Å². The van der Waals surface area contributed by atoms with E-state index < -0.39 is 31.0 Å². The summed E-state index contributed by atoms with van der Waals surface area (Å²) in [6, 6.07) is -0.630. The molecule has 1 heterocycles. The molecule has 0 aromatic rings. The minimum atomic E-state index is -4.41. The number of rotatable bonds is 2. The third-order valence-electron chi connectivity index (χ3n) is 2.10. The molecule has 1 rings (SSSR count). The van der Waals surface area contributed by atoms with Gasteiger partial charge in [-0.25, -0.2) is 4.79 Å². The van der Waals surface area contributed by atoms with E-state index in [4.69, 9.17) is 5.73 Å². The molecule has 2 unspecified atom stereocenters. The van der Waals surface area contributed by atoms with Crippen LogP contribution in [0.5, 0.6) is 0 Å². The molecule has 0 saturated carbocycles. The molecule has 1 aliphatic heterocycles. The molecule has 0 aromatic carbocycles. The summed E-state index contributed by atoms with van der Waals surface area (Å²) in [5, 5.41) is 0. The molecule has 4 nitrogen and oxygen atoms in total. The number of hydrogen-bond acceptors (Lipinski definition) is 3. The molecule has 0 aliphatic carbocycles. The van der Waals surface area contributed by atoms with Crippen molar-refractivity contribution in [3.8, 4) is 0 Å². The van der Waals surface area contributed by atoms with Crippen LogP contribution >= 0.6 is 0 Å². The zero-order valence-electron chi connectivity index (χ0n) is 7.54. The smallest absolute Gasteiger partial charge is 0.410 e. The Bertz CT molecular complexity index is 231. The molecule has 1 saturated heterocycles. The second-order valence-electron chi connectivity index (χ2n) is 3.14. The van der Waals surface area contributed by atoms with Crippen LogP contribution in [0, 0.1) is 0 Å². The van der Waals surface area contributed by atoms with Gasteiger partial charge in [0.1, 0.15) is 12.6 Å². The molecule has 14 heavy (non-hydrogen) atoms. The normalized spacial score (nSPS) is 28.1. The fraction of sp³-hybridized carbons (Fsp3) is 0.857. The van der Waals surface area contributed by atoms with Gasteiger partial charge in [-0.2, -0.15) is 13.2 Å². The Morgan fingerprint density at radius 1 is 1.57 bits per heavy atom. The summed E-state index contributed by atoms with van der Waals surface area (Å²) < 4.78 is 40.7. The Balaban J connectivity index is 2.66. The lowest BCUT2D eigenvalue weighted by molar-refractivity contribution is -0.141. The van der Waals surface area contributed by atoms with Crippen molar-refractivity contribution in [3.63, 3.8) is 0 Å². The van der Waals surface area contributed by atoms with E-state index in [-0.39, 0.29) is 6.54 Å². The number of cyclic esters (lactones) is 1. The maximum absolute atomic E-state index is 12.0. The predicted molar refractivity (Wildman–Crippen MR) is 41.5 cm³/mol. The summed E-state index contributed by atoms with van der Waals surface area (Å²) in [5.41, 5.74) is 5.23. The predicted octanol–water partition coefficient (Wildman–Crippen LogP) is 0.717. The highest BCUT2D eigenvalue weighted by molar-refractivity contribution is 5.70. The average Bonchev–Trinajstić information content (AvgIpc) is 2.29. The van der Waals surface area contributed by atoms with Gasteiger partial charge in [-0.3, -0.25) is 4.90 Å².